The molecule has 72 heavy (non-hydrogen) atoms. The molecule has 1 saturated carbocycles. The first kappa shape index (κ1) is 51.8. The second-order valence-electron chi connectivity index (χ2n) is 18.3. The third kappa shape index (κ3) is 12.5. The second kappa shape index (κ2) is 25.2. The minimum Gasteiger partial charge on any atom is -0.493 e. The summed E-state index contributed by atoms with van der Waals surface area (Å²) in [6, 6.07) is 36.9. The third-order valence-electron chi connectivity index (χ3n) is 13.7. The van der Waals surface area contributed by atoms with Crippen molar-refractivity contribution < 1.29 is 43.4 Å². The van der Waals surface area contributed by atoms with Crippen molar-refractivity contribution in [3.05, 3.63) is 196 Å². The van der Waals surface area contributed by atoms with Gasteiger partial charge in [0.2, 0.25) is 11.7 Å². The Morgan fingerprint density at radius 2 is 1.64 bits per heavy atom. The van der Waals surface area contributed by atoms with E-state index in [-0.39, 0.29) is 62.8 Å². The summed E-state index contributed by atoms with van der Waals surface area (Å²) in [5.41, 5.74) is 4.51. The fourth-order valence-electron chi connectivity index (χ4n) is 10.4. The number of benzene rings is 5. The van der Waals surface area contributed by atoms with Gasteiger partial charge in [0.1, 0.15) is 30.0 Å². The topological polar surface area (TPSA) is 153 Å². The largest absolute Gasteiger partial charge is 0.493 e. The Hall–Kier alpha value is -6.58. The van der Waals surface area contributed by atoms with Crippen LogP contribution in [0.4, 0.5) is 10.1 Å². The summed E-state index contributed by atoms with van der Waals surface area (Å²) >= 11 is 1.72. The minimum absolute atomic E-state index is 0.0128. The number of carbonyl (C=O) groups is 1. The lowest BCUT2D eigenvalue weighted by molar-refractivity contribution is -0.384. The van der Waals surface area contributed by atoms with E-state index in [0.29, 0.717) is 47.8 Å². The Morgan fingerprint density at radius 1 is 0.917 bits per heavy atom. The van der Waals surface area contributed by atoms with Crippen molar-refractivity contribution in [3.63, 3.8) is 0 Å². The predicted molar refractivity (Wildman–Crippen MR) is 278 cm³/mol. The first-order valence-corrected chi connectivity index (χ1v) is 25.7. The van der Waals surface area contributed by atoms with Crippen molar-refractivity contribution in [3.8, 4) is 11.5 Å². The normalized spacial score (nSPS) is 21.5. The number of rotatable bonds is 25. The van der Waals surface area contributed by atoms with Gasteiger partial charge in [0.25, 0.3) is 5.69 Å². The van der Waals surface area contributed by atoms with Gasteiger partial charge in [-0.05, 0) is 120 Å². The summed E-state index contributed by atoms with van der Waals surface area (Å²) in [6.07, 6.45) is 11.5. The molecule has 3 aliphatic rings. The van der Waals surface area contributed by atoms with Crippen LogP contribution >= 0.6 is 11.8 Å². The number of fused-ring (bicyclic) bond motifs is 2. The highest BCUT2D eigenvalue weighted by Crippen LogP contribution is 2.62. The van der Waals surface area contributed by atoms with Gasteiger partial charge in [-0.1, -0.05) is 90.8 Å². The van der Waals surface area contributed by atoms with Gasteiger partial charge in [0, 0.05) is 66.5 Å². The Labute approximate surface area is 425 Å². The summed E-state index contributed by atoms with van der Waals surface area (Å²) in [6.45, 7) is 4.91. The summed E-state index contributed by atoms with van der Waals surface area (Å²) < 4.78 is 35.6. The molecule has 5 aromatic carbocycles. The number of allylic oxidation sites excluding steroid dienone is 1. The monoisotopic (exact) mass is 995 g/mol. The molecular formula is C58H62FN3O9S. The first-order chi connectivity index (χ1) is 35.2. The van der Waals surface area contributed by atoms with Crippen molar-refractivity contribution in [2.24, 2.45) is 22.9 Å². The molecule has 12 nitrogen and oxygen atoms in total. The molecule has 0 aromatic heterocycles. The highest BCUT2D eigenvalue weighted by molar-refractivity contribution is 7.99. The Balaban J connectivity index is 1.29. The molecule has 5 aromatic rings. The number of oxime groups is 1. The lowest BCUT2D eigenvalue weighted by Gasteiger charge is -2.60. The summed E-state index contributed by atoms with van der Waals surface area (Å²) in [4.78, 5) is 35.3. The van der Waals surface area contributed by atoms with Gasteiger partial charge >= 0.3 is 0 Å². The third-order valence-corrected chi connectivity index (χ3v) is 14.7. The fourth-order valence-corrected chi connectivity index (χ4v) is 11.2. The van der Waals surface area contributed by atoms with E-state index in [4.69, 9.17) is 24.2 Å². The Kier molecular flexibility index (Phi) is 18.1. The van der Waals surface area contributed by atoms with Gasteiger partial charge in [-0.2, -0.15) is 0 Å². The Morgan fingerprint density at radius 3 is 2.35 bits per heavy atom. The summed E-state index contributed by atoms with van der Waals surface area (Å²) in [7, 11) is 0. The number of nitrogens with zero attached hydrogens (tertiary/aromatic N) is 3. The van der Waals surface area contributed by atoms with Crippen LogP contribution in [0.3, 0.4) is 0 Å². The molecule has 14 heteroatoms. The van der Waals surface area contributed by atoms with E-state index in [0.717, 1.165) is 53.0 Å². The lowest BCUT2D eigenvalue weighted by atomic mass is 9.55. The summed E-state index contributed by atoms with van der Waals surface area (Å²) in [5.74, 6) is -1.29. The fraction of sp³-hybridized carbons (Fsp3) is 0.345. The van der Waals surface area contributed by atoms with Crippen LogP contribution in [0.25, 0.3) is 6.08 Å². The highest BCUT2D eigenvalue weighted by Gasteiger charge is 2.65. The van der Waals surface area contributed by atoms with E-state index < -0.39 is 34.4 Å². The van der Waals surface area contributed by atoms with Gasteiger partial charge in [0.15, 0.2) is 0 Å². The smallest absolute Gasteiger partial charge is 0.269 e. The quantitative estimate of drug-likeness (QED) is 0.0144. The highest BCUT2D eigenvalue weighted by atomic mass is 32.2. The van der Waals surface area contributed by atoms with E-state index in [1.165, 1.54) is 30.3 Å². The summed E-state index contributed by atoms with van der Waals surface area (Å²) in [5, 5.41) is 36.5. The number of non-ortho nitro benzene ring substituents is 1. The van der Waals surface area contributed by atoms with Crippen molar-refractivity contribution in [1.82, 2.24) is 4.90 Å². The molecule has 0 spiro atoms. The van der Waals surface area contributed by atoms with E-state index in [1.807, 2.05) is 60.7 Å². The maximum absolute atomic E-state index is 15.2. The maximum Gasteiger partial charge on any atom is 0.269 e. The van der Waals surface area contributed by atoms with E-state index >= 15 is 4.79 Å². The van der Waals surface area contributed by atoms with Crippen molar-refractivity contribution in [2.75, 3.05) is 32.2 Å². The number of aliphatic hydroxyl groups excluding tert-OH is 2. The molecule has 1 amide bonds. The molecule has 1 fully saturated rings. The minimum atomic E-state index is -1.56. The average molecular weight is 996 g/mol. The number of hydrogen-bond acceptors (Lipinski definition) is 11. The molecule has 2 aliphatic carbocycles. The van der Waals surface area contributed by atoms with Gasteiger partial charge in [-0.15, -0.1) is 18.3 Å². The van der Waals surface area contributed by atoms with Gasteiger partial charge in [-0.25, -0.2) is 4.39 Å². The number of aliphatic hydroxyl groups is 2. The zero-order valence-electron chi connectivity index (χ0n) is 40.3. The lowest BCUT2D eigenvalue weighted by Crippen LogP contribution is -2.70. The number of nitro groups is 1. The predicted octanol–water partition coefficient (Wildman–Crippen LogP) is 11.5. The molecule has 2 N–H and O–H groups in total. The molecule has 0 radical (unpaired) electrons. The first-order valence-electron chi connectivity index (χ1n) is 24.7. The molecule has 6 unspecified atom stereocenters. The van der Waals surface area contributed by atoms with Gasteiger partial charge in [-0.3, -0.25) is 14.9 Å². The molecule has 6 atom stereocenters. The van der Waals surface area contributed by atoms with Crippen LogP contribution in [-0.2, 0) is 27.5 Å². The molecule has 1 heterocycles. The van der Waals surface area contributed by atoms with Crippen molar-refractivity contribution >= 4 is 35.1 Å². The van der Waals surface area contributed by atoms with E-state index in [1.54, 1.807) is 53.1 Å². The number of ether oxygens (including phenoxy) is 3. The van der Waals surface area contributed by atoms with E-state index in [9.17, 15) is 24.7 Å². The molecule has 0 saturated heterocycles. The van der Waals surface area contributed by atoms with Gasteiger partial charge in [0.05, 0.1) is 29.8 Å². The maximum atomic E-state index is 15.2. The van der Waals surface area contributed by atoms with E-state index in [2.05, 4.69) is 30.9 Å². The number of unbranched alkanes of at least 4 members (excludes halogenated alkanes) is 2. The zero-order valence-corrected chi connectivity index (χ0v) is 41.1. The molecule has 376 valence electrons. The number of nitro benzene ring substituents is 1. The number of hydrogen-bond donors (Lipinski definition) is 2. The SMILES string of the molecule is C=CCOC12Oc3ccc(OCCSc4ccccc4)cc3C3C(CCCCO)C(CCCCO)C=C(C(=NOCc4ccccc4)CC1N(Cc1ccc(F)cc1)C(=O)C=Cc1ccc([N+](=O)[O-])cc1)C32. The number of thioether (sulfide) groups is 1. The van der Waals surface area contributed by atoms with Crippen LogP contribution in [-0.4, -0.2) is 75.7 Å². The van der Waals surface area contributed by atoms with Crippen LogP contribution in [0, 0.1) is 33.7 Å². The molecule has 1 aliphatic heterocycles. The van der Waals surface area contributed by atoms with Crippen molar-refractivity contribution in [2.45, 2.75) is 80.7 Å². The zero-order chi connectivity index (χ0) is 50.3. The van der Waals surface area contributed by atoms with Crippen LogP contribution in [0.1, 0.15) is 73.1 Å². The van der Waals surface area contributed by atoms with Gasteiger partial charge < -0.3 is 34.2 Å². The molecular weight excluding hydrogens is 934 g/mol. The van der Waals surface area contributed by atoms with Crippen molar-refractivity contribution in [1.29, 1.82) is 0 Å². The standard InChI is InChI=1S/C58H62FN3O9S/c1-2-33-69-58-54(61(39-42-19-24-45(59)25-20-42)55(65)30-23-41-21-26-46(27-22-41)62(66)67)38-52(60-70-40-43-13-5-3-6-14-43)50-36-44(15-9-11-31-63)49(18-10-12-32-64)56(57(50)58)51-37-47(28-29-53(51)71-58)68-34-35-72-48-16-7-4-8-17-48/h2-8,13-14,16-17,19-30,36-37,44,49,54,56-57,63-64H,1,9-12,15,18,31-35,38-40H2. The number of carbonyl (C=O) groups excluding carboxylic acids is 1. The second-order valence-corrected chi connectivity index (χ2v) is 19.5. The van der Waals surface area contributed by atoms with Crippen LogP contribution in [0.15, 0.2) is 168 Å². The molecule has 8 rings (SSSR count). The molecule has 0 bridgehead atoms. The number of amides is 1. The Bertz CT molecular complexity index is 2690. The average Bonchev–Trinajstić information content (AvgIpc) is 3.40. The van der Waals surface area contributed by atoms with Crippen LogP contribution < -0.4 is 9.47 Å². The van der Waals surface area contributed by atoms with Crippen LogP contribution in [0.5, 0.6) is 11.5 Å². The van der Waals surface area contributed by atoms with Crippen LogP contribution in [0.2, 0.25) is 0 Å². The number of halogens is 1.